The highest BCUT2D eigenvalue weighted by atomic mass is 16.2. The molecule has 1 aliphatic rings. The third kappa shape index (κ3) is 1.80. The molecule has 18 heavy (non-hydrogen) atoms. The Kier molecular flexibility index (Phi) is 2.63. The lowest BCUT2D eigenvalue weighted by Crippen LogP contribution is -2.46. The Hall–Kier alpha value is -2.09. The number of β-lactam (4-membered cyclic amide) rings is 1. The molecule has 1 atom stereocenters. The molecule has 2 nitrogen and oxygen atoms in total. The molecule has 1 saturated heterocycles. The number of rotatable bonds is 2. The lowest BCUT2D eigenvalue weighted by Gasteiger charge is -2.40. The fourth-order valence-corrected chi connectivity index (χ4v) is 2.38. The predicted octanol–water partition coefficient (Wildman–Crippen LogP) is 3.47. The minimum absolute atomic E-state index is 0.195. The molecule has 0 saturated carbocycles. The molecule has 0 unspecified atom stereocenters. The zero-order valence-corrected chi connectivity index (χ0v) is 10.3. The molecule has 2 aromatic carbocycles. The number of amides is 1. The van der Waals surface area contributed by atoms with E-state index in [9.17, 15) is 4.79 Å². The number of hydrogen-bond acceptors (Lipinski definition) is 1. The Morgan fingerprint density at radius 3 is 2.28 bits per heavy atom. The SMILES string of the molecule is Cc1ccc([C@@H]2CC(=O)N2c2ccccc2)cc1. The molecule has 0 spiro atoms. The van der Waals surface area contributed by atoms with Gasteiger partial charge < -0.3 is 4.90 Å². The van der Waals surface area contributed by atoms with Crippen molar-refractivity contribution in [3.63, 3.8) is 0 Å². The van der Waals surface area contributed by atoms with Crippen LogP contribution in [0.3, 0.4) is 0 Å². The molecule has 2 heteroatoms. The number of para-hydroxylation sites is 1. The van der Waals surface area contributed by atoms with Gasteiger partial charge in [-0.25, -0.2) is 0 Å². The van der Waals surface area contributed by atoms with E-state index >= 15 is 0 Å². The molecule has 0 radical (unpaired) electrons. The Morgan fingerprint density at radius 1 is 1.00 bits per heavy atom. The van der Waals surface area contributed by atoms with Crippen LogP contribution in [0.4, 0.5) is 5.69 Å². The fourth-order valence-electron chi connectivity index (χ4n) is 2.38. The van der Waals surface area contributed by atoms with Gasteiger partial charge in [0.1, 0.15) is 0 Å². The summed E-state index contributed by atoms with van der Waals surface area (Å²) in [6, 6.07) is 18.5. The van der Waals surface area contributed by atoms with Crippen LogP contribution in [-0.2, 0) is 4.79 Å². The molecule has 1 aliphatic heterocycles. The van der Waals surface area contributed by atoms with Crippen molar-refractivity contribution in [2.45, 2.75) is 19.4 Å². The Balaban J connectivity index is 1.90. The van der Waals surface area contributed by atoms with Gasteiger partial charge in [-0.3, -0.25) is 4.79 Å². The van der Waals surface area contributed by atoms with E-state index in [1.165, 1.54) is 11.1 Å². The second-order valence-electron chi connectivity index (χ2n) is 4.73. The highest BCUT2D eigenvalue weighted by Gasteiger charge is 2.37. The maximum Gasteiger partial charge on any atom is 0.230 e. The third-order valence-corrected chi connectivity index (χ3v) is 3.44. The summed E-state index contributed by atoms with van der Waals surface area (Å²) < 4.78 is 0. The first-order chi connectivity index (χ1) is 8.75. The molecule has 90 valence electrons. The monoisotopic (exact) mass is 237 g/mol. The largest absolute Gasteiger partial charge is 0.304 e. The second-order valence-corrected chi connectivity index (χ2v) is 4.73. The van der Waals surface area contributed by atoms with Crippen LogP contribution in [0.5, 0.6) is 0 Å². The van der Waals surface area contributed by atoms with E-state index in [2.05, 4.69) is 31.2 Å². The molecule has 3 rings (SSSR count). The first kappa shape index (κ1) is 11.0. The Labute approximate surface area is 107 Å². The number of benzene rings is 2. The first-order valence-electron chi connectivity index (χ1n) is 6.19. The standard InChI is InChI=1S/C16H15NO/c1-12-7-9-13(10-8-12)15-11-16(18)17(15)14-5-3-2-4-6-14/h2-10,15H,11H2,1H3/t15-/m0/s1. The summed E-state index contributed by atoms with van der Waals surface area (Å²) in [5, 5.41) is 0. The van der Waals surface area contributed by atoms with Crippen molar-refractivity contribution >= 4 is 11.6 Å². The van der Waals surface area contributed by atoms with Crippen molar-refractivity contribution in [2.24, 2.45) is 0 Å². The summed E-state index contributed by atoms with van der Waals surface area (Å²) in [5.41, 5.74) is 3.44. The summed E-state index contributed by atoms with van der Waals surface area (Å²) in [4.78, 5) is 13.7. The minimum atomic E-state index is 0.195. The van der Waals surface area contributed by atoms with E-state index in [0.717, 1.165) is 5.69 Å². The molecule has 0 N–H and O–H groups in total. The molecular weight excluding hydrogens is 222 g/mol. The van der Waals surface area contributed by atoms with E-state index in [-0.39, 0.29) is 11.9 Å². The number of carbonyl (C=O) groups excluding carboxylic acids is 1. The van der Waals surface area contributed by atoms with Gasteiger partial charge in [-0.05, 0) is 24.6 Å². The third-order valence-electron chi connectivity index (χ3n) is 3.44. The van der Waals surface area contributed by atoms with Crippen LogP contribution in [0.2, 0.25) is 0 Å². The smallest absolute Gasteiger partial charge is 0.230 e. The fraction of sp³-hybridized carbons (Fsp3) is 0.188. The number of hydrogen-bond donors (Lipinski definition) is 0. The number of anilines is 1. The average Bonchev–Trinajstić information content (AvgIpc) is 2.38. The van der Waals surface area contributed by atoms with E-state index in [4.69, 9.17) is 0 Å². The van der Waals surface area contributed by atoms with E-state index in [1.54, 1.807) is 0 Å². The van der Waals surface area contributed by atoms with Gasteiger partial charge in [-0.2, -0.15) is 0 Å². The predicted molar refractivity (Wildman–Crippen MR) is 72.5 cm³/mol. The molecule has 1 amide bonds. The zero-order valence-electron chi connectivity index (χ0n) is 10.3. The van der Waals surface area contributed by atoms with Gasteiger partial charge in [-0.15, -0.1) is 0 Å². The lowest BCUT2D eigenvalue weighted by atomic mass is 9.92. The van der Waals surface area contributed by atoms with Crippen LogP contribution < -0.4 is 4.90 Å². The van der Waals surface area contributed by atoms with Gasteiger partial charge >= 0.3 is 0 Å². The van der Waals surface area contributed by atoms with Crippen LogP contribution in [0.1, 0.15) is 23.6 Å². The lowest BCUT2D eigenvalue weighted by molar-refractivity contribution is -0.124. The van der Waals surface area contributed by atoms with Gasteiger partial charge in [0.2, 0.25) is 5.91 Å². The average molecular weight is 237 g/mol. The van der Waals surface area contributed by atoms with E-state index < -0.39 is 0 Å². The number of aryl methyl sites for hydroxylation is 1. The van der Waals surface area contributed by atoms with Crippen molar-refractivity contribution < 1.29 is 4.79 Å². The van der Waals surface area contributed by atoms with Gasteiger partial charge in [0.25, 0.3) is 0 Å². The Bertz CT molecular complexity index is 559. The summed E-state index contributed by atoms with van der Waals surface area (Å²) >= 11 is 0. The first-order valence-corrected chi connectivity index (χ1v) is 6.19. The van der Waals surface area contributed by atoms with Gasteiger partial charge in [0.15, 0.2) is 0 Å². The van der Waals surface area contributed by atoms with Gasteiger partial charge in [0.05, 0.1) is 12.5 Å². The van der Waals surface area contributed by atoms with Crippen LogP contribution >= 0.6 is 0 Å². The Morgan fingerprint density at radius 2 is 1.67 bits per heavy atom. The quantitative estimate of drug-likeness (QED) is 0.732. The molecular formula is C16H15NO. The van der Waals surface area contributed by atoms with Gasteiger partial charge in [-0.1, -0.05) is 48.0 Å². The van der Waals surface area contributed by atoms with Crippen molar-refractivity contribution in [3.8, 4) is 0 Å². The van der Waals surface area contributed by atoms with Crippen LogP contribution in [0.15, 0.2) is 54.6 Å². The minimum Gasteiger partial charge on any atom is -0.304 e. The van der Waals surface area contributed by atoms with Crippen molar-refractivity contribution in [1.82, 2.24) is 0 Å². The number of carbonyl (C=O) groups is 1. The topological polar surface area (TPSA) is 20.3 Å². The molecule has 1 fully saturated rings. The van der Waals surface area contributed by atoms with E-state index in [1.807, 2.05) is 35.2 Å². The molecule has 2 aromatic rings. The van der Waals surface area contributed by atoms with Crippen molar-refractivity contribution in [2.75, 3.05) is 4.90 Å². The molecule has 0 aromatic heterocycles. The highest BCUT2D eigenvalue weighted by molar-refractivity contribution is 6.01. The van der Waals surface area contributed by atoms with Crippen LogP contribution in [-0.4, -0.2) is 5.91 Å². The van der Waals surface area contributed by atoms with Crippen LogP contribution in [0.25, 0.3) is 0 Å². The second kappa shape index (κ2) is 4.30. The van der Waals surface area contributed by atoms with Crippen molar-refractivity contribution in [3.05, 3.63) is 65.7 Å². The van der Waals surface area contributed by atoms with Crippen LogP contribution in [0, 0.1) is 6.92 Å². The normalized spacial score (nSPS) is 18.6. The molecule has 0 bridgehead atoms. The summed E-state index contributed by atoms with van der Waals surface area (Å²) in [5.74, 6) is 0.201. The summed E-state index contributed by atoms with van der Waals surface area (Å²) in [6.45, 7) is 2.07. The number of nitrogens with zero attached hydrogens (tertiary/aromatic N) is 1. The molecule has 1 heterocycles. The summed E-state index contributed by atoms with van der Waals surface area (Å²) in [6.07, 6.45) is 0.609. The van der Waals surface area contributed by atoms with E-state index in [0.29, 0.717) is 6.42 Å². The summed E-state index contributed by atoms with van der Waals surface area (Å²) in [7, 11) is 0. The maximum absolute atomic E-state index is 11.8. The van der Waals surface area contributed by atoms with Gasteiger partial charge in [0, 0.05) is 5.69 Å². The molecule has 0 aliphatic carbocycles. The zero-order chi connectivity index (χ0) is 12.5. The maximum atomic E-state index is 11.8. The highest BCUT2D eigenvalue weighted by Crippen LogP contribution is 2.38. The van der Waals surface area contributed by atoms with Crippen molar-refractivity contribution in [1.29, 1.82) is 0 Å².